The molecule has 0 spiro atoms. The summed E-state index contributed by atoms with van der Waals surface area (Å²) in [4.78, 5) is 0. The van der Waals surface area contributed by atoms with Crippen molar-refractivity contribution >= 4 is 13.7 Å². The number of anilines is 1. The van der Waals surface area contributed by atoms with Crippen molar-refractivity contribution in [1.29, 1.82) is 21.6 Å². The van der Waals surface area contributed by atoms with Crippen LogP contribution in [0.5, 0.6) is 0 Å². The van der Waals surface area contributed by atoms with Gasteiger partial charge < -0.3 is 5.23 Å². The molecule has 6 heteroatoms. The highest BCUT2D eigenvalue weighted by Crippen LogP contribution is 1.96. The fourth-order valence-electron chi connectivity index (χ4n) is 1.19. The van der Waals surface area contributed by atoms with Gasteiger partial charge >= 0.3 is 0 Å². The fraction of sp³-hybridized carbons (Fsp3) is 0.143. The fourth-order valence-corrected chi connectivity index (χ4v) is 1.19. The van der Waals surface area contributed by atoms with E-state index < -0.39 is 0 Å². The first-order valence-electron chi connectivity index (χ1n) is 3.75. The molecule has 0 amide bonds. The van der Waals surface area contributed by atoms with Crippen molar-refractivity contribution in [1.82, 2.24) is 0 Å². The van der Waals surface area contributed by atoms with Gasteiger partial charge in [-0.1, -0.05) is 0 Å². The highest BCUT2D eigenvalue weighted by atomic mass is 14.8. The molecule has 0 unspecified atom stereocenters. The lowest BCUT2D eigenvalue weighted by Gasteiger charge is -2.04. The maximum Gasteiger partial charge on any atom is 0.214 e. The van der Waals surface area contributed by atoms with Crippen LogP contribution in [0.3, 0.4) is 0 Å². The molecule has 0 heterocycles. The summed E-state index contributed by atoms with van der Waals surface area (Å²) < 4.78 is 0. The number of rotatable bonds is 1. The molecule has 0 fully saturated rings. The van der Waals surface area contributed by atoms with Crippen molar-refractivity contribution < 1.29 is 0 Å². The molecule has 1 rings (SSSR count). The number of benzene rings is 1. The molecular formula is C7H10BN5. The van der Waals surface area contributed by atoms with Gasteiger partial charge in [0.1, 0.15) is 16.1 Å². The second kappa shape index (κ2) is 2.97. The van der Waals surface area contributed by atoms with Gasteiger partial charge in [0.2, 0.25) is 7.98 Å². The van der Waals surface area contributed by atoms with Gasteiger partial charge in [-0.05, 0) is 6.92 Å². The molecule has 5 nitrogen and oxygen atoms in total. The van der Waals surface area contributed by atoms with Crippen LogP contribution in [-0.2, 0) is 0 Å². The van der Waals surface area contributed by atoms with Crippen LogP contribution in [-0.4, -0.2) is 7.98 Å². The van der Waals surface area contributed by atoms with E-state index in [4.69, 9.17) is 21.6 Å². The Morgan fingerprint density at radius 1 is 0.923 bits per heavy atom. The zero-order chi connectivity index (χ0) is 10.2. The minimum atomic E-state index is -0.194. The van der Waals surface area contributed by atoms with E-state index in [-0.39, 0.29) is 21.4 Å². The lowest BCUT2D eigenvalue weighted by Crippen LogP contribution is -2.49. The normalized spacial score (nSPS) is 9.92. The van der Waals surface area contributed by atoms with Crippen LogP contribution in [0.2, 0.25) is 0 Å². The first-order chi connectivity index (χ1) is 6.00. The molecule has 0 aliphatic carbocycles. The maximum atomic E-state index is 7.52. The lowest BCUT2D eigenvalue weighted by molar-refractivity contribution is 0.991. The van der Waals surface area contributed by atoms with E-state index in [0.29, 0.717) is 11.3 Å². The van der Waals surface area contributed by atoms with E-state index in [0.717, 1.165) is 0 Å². The molecule has 0 bridgehead atoms. The largest absolute Gasteiger partial charge is 0.432 e. The molecular weight excluding hydrogens is 165 g/mol. The molecule has 0 radical (unpaired) electrons. The highest BCUT2D eigenvalue weighted by Gasteiger charge is 2.04. The Hall–Kier alpha value is -1.72. The third-order valence-electron chi connectivity index (χ3n) is 2.00. The van der Waals surface area contributed by atoms with E-state index in [9.17, 15) is 0 Å². The van der Waals surface area contributed by atoms with Crippen molar-refractivity contribution in [2.45, 2.75) is 6.92 Å². The molecule has 13 heavy (non-hydrogen) atoms. The molecule has 0 aliphatic heterocycles. The smallest absolute Gasteiger partial charge is 0.214 e. The standard InChI is InChI=1S/C7H10BN5/c1-2-3(9)4(10)5(11)6(12)7(2)13-8/h9-13H,8H2,1H3. The molecule has 66 valence electrons. The molecule has 0 saturated heterocycles. The topological polar surface area (TPSA) is 107 Å². The van der Waals surface area contributed by atoms with Crippen molar-refractivity contribution in [3.63, 3.8) is 0 Å². The first-order valence-corrected chi connectivity index (χ1v) is 3.75. The Labute approximate surface area is 75.3 Å². The number of nitrogens with one attached hydrogen (secondary N) is 5. The minimum absolute atomic E-state index is 0.0130. The van der Waals surface area contributed by atoms with E-state index in [1.54, 1.807) is 14.9 Å². The van der Waals surface area contributed by atoms with Crippen LogP contribution in [0.15, 0.2) is 0 Å². The van der Waals surface area contributed by atoms with E-state index in [1.165, 1.54) is 0 Å². The lowest BCUT2D eigenvalue weighted by atomic mass is 10.1. The summed E-state index contributed by atoms with van der Waals surface area (Å²) in [5, 5.41) is 32.2. The van der Waals surface area contributed by atoms with Crippen LogP contribution in [0.4, 0.5) is 5.69 Å². The summed E-state index contributed by atoms with van der Waals surface area (Å²) in [5.41, 5.74) is 1.01. The van der Waals surface area contributed by atoms with Gasteiger partial charge in [0.15, 0.2) is 0 Å². The van der Waals surface area contributed by atoms with Crippen LogP contribution in [0.1, 0.15) is 5.56 Å². The number of hydrogen-bond acceptors (Lipinski definition) is 5. The third kappa shape index (κ3) is 1.20. The Morgan fingerprint density at radius 2 is 1.38 bits per heavy atom. The van der Waals surface area contributed by atoms with Crippen LogP contribution >= 0.6 is 0 Å². The molecule has 0 atom stereocenters. The summed E-state index contributed by atoms with van der Waals surface area (Å²) in [6.45, 7) is 1.67. The summed E-state index contributed by atoms with van der Waals surface area (Å²) in [7, 11) is 1.64. The summed E-state index contributed by atoms with van der Waals surface area (Å²) >= 11 is 0. The van der Waals surface area contributed by atoms with Crippen LogP contribution in [0.25, 0.3) is 0 Å². The molecule has 1 aromatic rings. The maximum absolute atomic E-state index is 7.52. The van der Waals surface area contributed by atoms with Crippen molar-refractivity contribution in [3.8, 4) is 0 Å². The van der Waals surface area contributed by atoms with Gasteiger partial charge in [-0.3, -0.25) is 21.6 Å². The van der Waals surface area contributed by atoms with E-state index in [1.807, 2.05) is 0 Å². The van der Waals surface area contributed by atoms with Gasteiger partial charge in [0.25, 0.3) is 0 Å². The Bertz CT molecular complexity index is 538. The van der Waals surface area contributed by atoms with Gasteiger partial charge in [0, 0.05) is 5.56 Å². The first kappa shape index (κ1) is 9.37. The second-order valence-electron chi connectivity index (χ2n) is 2.75. The average Bonchev–Trinajstić information content (AvgIpc) is 2.13. The Morgan fingerprint density at radius 3 is 1.85 bits per heavy atom. The molecule has 5 N–H and O–H groups in total. The van der Waals surface area contributed by atoms with E-state index in [2.05, 4.69) is 5.23 Å². The zero-order valence-corrected chi connectivity index (χ0v) is 7.50. The zero-order valence-electron chi connectivity index (χ0n) is 7.50. The Kier molecular flexibility index (Phi) is 2.14. The van der Waals surface area contributed by atoms with Crippen LogP contribution < -0.4 is 26.7 Å². The van der Waals surface area contributed by atoms with Gasteiger partial charge in [0.05, 0.1) is 11.0 Å². The predicted octanol–water partition coefficient (Wildman–Crippen LogP) is -2.25. The van der Waals surface area contributed by atoms with Gasteiger partial charge in [-0.15, -0.1) is 0 Å². The van der Waals surface area contributed by atoms with Gasteiger partial charge in [-0.25, -0.2) is 0 Å². The SMILES string of the molecule is BNc1c(C)c(=N)c(=N)c(=N)c1=N. The molecule has 1 aromatic carbocycles. The monoisotopic (exact) mass is 175 g/mol. The molecule has 0 aliphatic rings. The molecule has 0 saturated carbocycles. The quantitative estimate of drug-likeness (QED) is 0.305. The van der Waals surface area contributed by atoms with Crippen LogP contribution in [0, 0.1) is 28.6 Å². The van der Waals surface area contributed by atoms with Crippen molar-refractivity contribution in [3.05, 3.63) is 27.0 Å². The van der Waals surface area contributed by atoms with E-state index >= 15 is 0 Å². The highest BCUT2D eigenvalue weighted by molar-refractivity contribution is 6.16. The summed E-state index contributed by atoms with van der Waals surface area (Å²) in [6.07, 6.45) is 0. The van der Waals surface area contributed by atoms with Crippen molar-refractivity contribution in [2.24, 2.45) is 0 Å². The predicted molar refractivity (Wildman–Crippen MR) is 49.1 cm³/mol. The third-order valence-corrected chi connectivity index (χ3v) is 2.00. The van der Waals surface area contributed by atoms with Gasteiger partial charge in [-0.2, -0.15) is 0 Å². The average molecular weight is 175 g/mol. The second-order valence-corrected chi connectivity index (χ2v) is 2.75. The Balaban J connectivity index is 4.02. The van der Waals surface area contributed by atoms with Crippen molar-refractivity contribution in [2.75, 3.05) is 5.23 Å². The minimum Gasteiger partial charge on any atom is -0.432 e. The number of hydrogen-bond donors (Lipinski definition) is 5. The summed E-state index contributed by atoms with van der Waals surface area (Å²) in [5.74, 6) is 0. The summed E-state index contributed by atoms with van der Waals surface area (Å²) in [6, 6.07) is 0. The molecule has 0 aromatic heterocycles.